The molecule has 1 aromatic carbocycles. The van der Waals surface area contributed by atoms with E-state index in [2.05, 4.69) is 10.2 Å². The summed E-state index contributed by atoms with van der Waals surface area (Å²) >= 11 is 0. The van der Waals surface area contributed by atoms with Crippen molar-refractivity contribution in [2.45, 2.75) is 57.5 Å². The number of nitrogens with zero attached hydrogens (tertiary/aromatic N) is 2. The lowest BCUT2D eigenvalue weighted by molar-refractivity contribution is -0.134. The summed E-state index contributed by atoms with van der Waals surface area (Å²) in [6, 6.07) is 6.77. The van der Waals surface area contributed by atoms with Gasteiger partial charge in [-0.05, 0) is 37.8 Å². The summed E-state index contributed by atoms with van der Waals surface area (Å²) in [4.78, 5) is 28.8. The molecule has 1 aromatic rings. The lowest BCUT2D eigenvalue weighted by atomic mass is 10.1. The van der Waals surface area contributed by atoms with Crippen molar-refractivity contribution >= 4 is 11.8 Å². The number of hydrogen-bond acceptors (Lipinski definition) is 3. The molecule has 148 valence electrons. The van der Waals surface area contributed by atoms with Gasteiger partial charge in [-0.3, -0.25) is 14.5 Å². The molecule has 1 aliphatic carbocycles. The van der Waals surface area contributed by atoms with E-state index >= 15 is 0 Å². The van der Waals surface area contributed by atoms with Crippen molar-refractivity contribution in [3.8, 4) is 0 Å². The molecule has 27 heavy (non-hydrogen) atoms. The molecule has 0 spiro atoms. The first-order valence-electron chi connectivity index (χ1n) is 10.1. The third kappa shape index (κ3) is 5.28. The average molecular weight is 375 g/mol. The predicted molar refractivity (Wildman–Crippen MR) is 103 cm³/mol. The highest BCUT2D eigenvalue weighted by Crippen LogP contribution is 2.18. The van der Waals surface area contributed by atoms with Crippen LogP contribution in [0.25, 0.3) is 0 Å². The van der Waals surface area contributed by atoms with Gasteiger partial charge in [0.15, 0.2) is 0 Å². The van der Waals surface area contributed by atoms with E-state index in [-0.39, 0.29) is 23.7 Å². The quantitative estimate of drug-likeness (QED) is 0.830. The van der Waals surface area contributed by atoms with Crippen molar-refractivity contribution in [2.24, 2.45) is 0 Å². The molecule has 3 rings (SSSR count). The molecule has 2 amide bonds. The molecule has 1 saturated heterocycles. The van der Waals surface area contributed by atoms with E-state index in [0.717, 1.165) is 12.8 Å². The maximum Gasteiger partial charge on any atom is 0.237 e. The third-order valence-corrected chi connectivity index (χ3v) is 5.86. The van der Waals surface area contributed by atoms with E-state index < -0.39 is 0 Å². The van der Waals surface area contributed by atoms with Gasteiger partial charge in [0.2, 0.25) is 11.8 Å². The number of carbonyl (C=O) groups is 2. The van der Waals surface area contributed by atoms with E-state index in [4.69, 9.17) is 0 Å². The normalized spacial score (nSPS) is 19.9. The molecule has 1 aliphatic heterocycles. The fourth-order valence-corrected chi connectivity index (χ4v) is 4.02. The van der Waals surface area contributed by atoms with Crippen LogP contribution in [0.2, 0.25) is 0 Å². The fraction of sp³-hybridized carbons (Fsp3) is 0.619. The summed E-state index contributed by atoms with van der Waals surface area (Å²) in [7, 11) is 0. The van der Waals surface area contributed by atoms with Gasteiger partial charge in [0.1, 0.15) is 5.82 Å². The first-order valence-corrected chi connectivity index (χ1v) is 10.1. The molecular weight excluding hydrogens is 345 g/mol. The molecule has 1 saturated carbocycles. The second-order valence-electron chi connectivity index (χ2n) is 7.67. The third-order valence-electron chi connectivity index (χ3n) is 5.86. The van der Waals surface area contributed by atoms with Crippen molar-refractivity contribution in [2.75, 3.05) is 26.2 Å². The number of halogens is 1. The summed E-state index contributed by atoms with van der Waals surface area (Å²) in [5.41, 5.74) is 0.585. The number of hydrogen-bond donors (Lipinski definition) is 1. The van der Waals surface area contributed by atoms with Crippen LogP contribution in [0.4, 0.5) is 4.39 Å². The fourth-order valence-electron chi connectivity index (χ4n) is 4.02. The van der Waals surface area contributed by atoms with Gasteiger partial charge in [-0.2, -0.15) is 0 Å². The van der Waals surface area contributed by atoms with Crippen LogP contribution in [0.3, 0.4) is 0 Å². The molecule has 1 N–H and O–H groups in total. The molecule has 0 bridgehead atoms. The zero-order valence-electron chi connectivity index (χ0n) is 16.1. The van der Waals surface area contributed by atoms with Gasteiger partial charge in [-0.1, -0.05) is 31.0 Å². The van der Waals surface area contributed by atoms with Crippen LogP contribution < -0.4 is 5.32 Å². The van der Waals surface area contributed by atoms with Gasteiger partial charge in [-0.25, -0.2) is 4.39 Å². The number of aryl methyl sites for hydroxylation is 1. The molecular formula is C21H30FN3O2. The zero-order valence-corrected chi connectivity index (χ0v) is 16.1. The minimum absolute atomic E-state index is 0.0564. The average Bonchev–Trinajstić information content (AvgIpc) is 3.19. The largest absolute Gasteiger partial charge is 0.352 e. The molecule has 1 heterocycles. The summed E-state index contributed by atoms with van der Waals surface area (Å²) in [5, 5.41) is 3.16. The standard InChI is InChI=1S/C21H30FN3O2/c1-16(21(27)23-18-7-3-4-8-18)24-12-14-25(15-13-24)20(26)11-10-17-6-2-5-9-19(17)22/h2,5-6,9,16,18H,3-4,7-8,10-15H2,1H3,(H,23,27). The topological polar surface area (TPSA) is 52.7 Å². The number of carbonyl (C=O) groups excluding carboxylic acids is 2. The van der Waals surface area contributed by atoms with Crippen molar-refractivity contribution in [1.82, 2.24) is 15.1 Å². The van der Waals surface area contributed by atoms with Gasteiger partial charge < -0.3 is 10.2 Å². The van der Waals surface area contributed by atoms with Gasteiger partial charge in [0.25, 0.3) is 0 Å². The van der Waals surface area contributed by atoms with Crippen LogP contribution in [0.15, 0.2) is 24.3 Å². The van der Waals surface area contributed by atoms with E-state index in [1.807, 2.05) is 11.8 Å². The first-order chi connectivity index (χ1) is 13.0. The number of rotatable bonds is 6. The van der Waals surface area contributed by atoms with Crippen LogP contribution in [0.1, 0.15) is 44.6 Å². The molecule has 1 unspecified atom stereocenters. The lowest BCUT2D eigenvalue weighted by Crippen LogP contribution is -2.55. The highest BCUT2D eigenvalue weighted by molar-refractivity contribution is 5.81. The molecule has 0 aromatic heterocycles. The summed E-state index contributed by atoms with van der Waals surface area (Å²) in [6.45, 7) is 4.59. The van der Waals surface area contributed by atoms with Gasteiger partial charge in [-0.15, -0.1) is 0 Å². The van der Waals surface area contributed by atoms with Crippen LogP contribution in [-0.2, 0) is 16.0 Å². The summed E-state index contributed by atoms with van der Waals surface area (Å²) < 4.78 is 13.7. The second kappa shape index (κ2) is 9.31. The Labute approximate surface area is 160 Å². The molecule has 1 atom stereocenters. The second-order valence-corrected chi connectivity index (χ2v) is 7.67. The minimum atomic E-state index is -0.253. The zero-order chi connectivity index (χ0) is 19.2. The van der Waals surface area contributed by atoms with Crippen LogP contribution in [-0.4, -0.2) is 59.9 Å². The number of benzene rings is 1. The van der Waals surface area contributed by atoms with Crippen LogP contribution >= 0.6 is 0 Å². The number of piperazine rings is 1. The Balaban J connectivity index is 1.41. The Morgan fingerprint density at radius 3 is 2.48 bits per heavy atom. The Hall–Kier alpha value is -1.95. The Kier molecular flexibility index (Phi) is 6.83. The first kappa shape index (κ1) is 19.8. The highest BCUT2D eigenvalue weighted by Gasteiger charge is 2.28. The van der Waals surface area contributed by atoms with Crippen LogP contribution in [0.5, 0.6) is 0 Å². The molecule has 2 aliphatic rings. The van der Waals surface area contributed by atoms with Gasteiger partial charge >= 0.3 is 0 Å². The maximum absolute atomic E-state index is 13.7. The molecule has 6 heteroatoms. The SMILES string of the molecule is CC(C(=O)NC1CCCC1)N1CCN(C(=O)CCc2ccccc2F)CC1. The maximum atomic E-state index is 13.7. The Morgan fingerprint density at radius 2 is 1.81 bits per heavy atom. The van der Waals surface area contributed by atoms with Crippen molar-refractivity contribution in [1.29, 1.82) is 0 Å². The van der Waals surface area contributed by atoms with Crippen molar-refractivity contribution in [3.05, 3.63) is 35.6 Å². The highest BCUT2D eigenvalue weighted by atomic mass is 19.1. The van der Waals surface area contributed by atoms with E-state index in [0.29, 0.717) is 50.6 Å². The van der Waals surface area contributed by atoms with Crippen LogP contribution in [0, 0.1) is 5.82 Å². The number of nitrogens with one attached hydrogen (secondary N) is 1. The monoisotopic (exact) mass is 375 g/mol. The Bertz CT molecular complexity index is 653. The Morgan fingerprint density at radius 1 is 1.15 bits per heavy atom. The minimum Gasteiger partial charge on any atom is -0.352 e. The van der Waals surface area contributed by atoms with Gasteiger partial charge in [0.05, 0.1) is 6.04 Å². The molecule has 0 radical (unpaired) electrons. The number of amides is 2. The van der Waals surface area contributed by atoms with E-state index in [1.165, 1.54) is 18.9 Å². The predicted octanol–water partition coefficient (Wildman–Crippen LogP) is 2.35. The molecule has 5 nitrogen and oxygen atoms in total. The van der Waals surface area contributed by atoms with Gasteiger partial charge in [0, 0.05) is 38.6 Å². The molecule has 2 fully saturated rings. The van der Waals surface area contributed by atoms with E-state index in [9.17, 15) is 14.0 Å². The van der Waals surface area contributed by atoms with Crippen molar-refractivity contribution < 1.29 is 14.0 Å². The summed E-state index contributed by atoms with van der Waals surface area (Å²) in [5.74, 6) is -0.0978. The van der Waals surface area contributed by atoms with E-state index in [1.54, 1.807) is 18.2 Å². The summed E-state index contributed by atoms with van der Waals surface area (Å²) in [6.07, 6.45) is 5.32. The lowest BCUT2D eigenvalue weighted by Gasteiger charge is -2.37. The van der Waals surface area contributed by atoms with Crippen molar-refractivity contribution in [3.63, 3.8) is 0 Å². The smallest absolute Gasteiger partial charge is 0.237 e.